The van der Waals surface area contributed by atoms with Crippen molar-refractivity contribution >= 4 is 29.1 Å². The van der Waals surface area contributed by atoms with Gasteiger partial charge in [-0.05, 0) is 36.2 Å². The van der Waals surface area contributed by atoms with Crippen molar-refractivity contribution in [2.45, 2.75) is 38.6 Å². The van der Waals surface area contributed by atoms with Crippen LogP contribution in [-0.4, -0.2) is 37.5 Å². The zero-order valence-corrected chi connectivity index (χ0v) is 21.7. The summed E-state index contributed by atoms with van der Waals surface area (Å²) in [6, 6.07) is 14.0. The van der Waals surface area contributed by atoms with Gasteiger partial charge in [0.1, 0.15) is 12.0 Å². The molecule has 1 unspecified atom stereocenters. The van der Waals surface area contributed by atoms with E-state index in [1.807, 2.05) is 0 Å². The molecule has 0 fully saturated rings. The highest BCUT2D eigenvalue weighted by atomic mass is 35.5. The Labute approximate surface area is 231 Å². The van der Waals surface area contributed by atoms with Crippen molar-refractivity contribution < 1.29 is 22.8 Å². The van der Waals surface area contributed by atoms with Crippen LogP contribution in [0, 0.1) is 11.6 Å². The first-order chi connectivity index (χ1) is 19.2. The highest BCUT2D eigenvalue weighted by Crippen LogP contribution is 2.15. The molecule has 2 amide bonds. The highest BCUT2D eigenvalue weighted by molar-refractivity contribution is 6.30. The predicted octanol–water partition coefficient (Wildman–Crippen LogP) is 3.91. The topological polar surface area (TPSA) is 111 Å². The van der Waals surface area contributed by atoms with Crippen molar-refractivity contribution in [3.63, 3.8) is 0 Å². The summed E-state index contributed by atoms with van der Waals surface area (Å²) >= 11 is 5.84. The maximum absolute atomic E-state index is 14.6. The van der Waals surface area contributed by atoms with Gasteiger partial charge < -0.3 is 15.2 Å². The average molecular weight is 573 g/mol. The van der Waals surface area contributed by atoms with E-state index in [-0.39, 0.29) is 49.4 Å². The van der Waals surface area contributed by atoms with Crippen molar-refractivity contribution in [3.8, 4) is 0 Å². The number of amides is 2. The van der Waals surface area contributed by atoms with Crippen LogP contribution in [0.15, 0.2) is 71.8 Å². The predicted molar refractivity (Wildman–Crippen MR) is 142 cm³/mol. The van der Waals surface area contributed by atoms with E-state index in [0.29, 0.717) is 5.02 Å². The molecule has 0 bridgehead atoms. The van der Waals surface area contributed by atoms with Crippen molar-refractivity contribution in [3.05, 3.63) is 111 Å². The van der Waals surface area contributed by atoms with Gasteiger partial charge in [-0.25, -0.2) is 13.5 Å². The molecule has 0 aliphatic rings. The number of aromatic nitrogens is 4. The lowest BCUT2D eigenvalue weighted by Crippen LogP contribution is -2.27. The number of halogens is 4. The summed E-state index contributed by atoms with van der Waals surface area (Å²) in [5.74, 6) is -2.80. The standard InChI is InChI=1S/C27H24ClF3N6O3/c28-19-6-7-21(30)18(13-19)14-32-26(39)23-16-37(35-34-23)15-20(29)8-10-36-11-9-22(25(31)27(36)40)33-24(38)12-17-4-2-1-3-5-17/h1-7,9,11,13,16,20H,8,10,12,14-15H2,(H,32,39)(H,33,38). The molecule has 40 heavy (non-hydrogen) atoms. The van der Waals surface area contributed by atoms with Gasteiger partial charge in [0.25, 0.3) is 11.5 Å². The van der Waals surface area contributed by atoms with Gasteiger partial charge in [0.05, 0.1) is 24.8 Å². The summed E-state index contributed by atoms with van der Waals surface area (Å²) in [6.45, 7) is -0.541. The summed E-state index contributed by atoms with van der Waals surface area (Å²) < 4.78 is 45.1. The molecule has 0 aliphatic carbocycles. The summed E-state index contributed by atoms with van der Waals surface area (Å²) in [6.07, 6.45) is 0.859. The third-order valence-corrected chi connectivity index (χ3v) is 6.11. The molecule has 2 aromatic heterocycles. The fourth-order valence-corrected chi connectivity index (χ4v) is 4.00. The monoisotopic (exact) mass is 572 g/mol. The van der Waals surface area contributed by atoms with Gasteiger partial charge in [-0.2, -0.15) is 4.39 Å². The molecule has 13 heteroatoms. The average Bonchev–Trinajstić information content (AvgIpc) is 3.40. The first-order valence-corrected chi connectivity index (χ1v) is 12.6. The number of hydrogen-bond acceptors (Lipinski definition) is 5. The number of carbonyl (C=O) groups is 2. The number of carbonyl (C=O) groups excluding carboxylic acids is 2. The van der Waals surface area contributed by atoms with Crippen molar-refractivity contribution in [2.24, 2.45) is 0 Å². The Morgan fingerprint density at radius 3 is 2.62 bits per heavy atom. The number of pyridine rings is 1. The lowest BCUT2D eigenvalue weighted by Gasteiger charge is -2.12. The molecule has 1 atom stereocenters. The molecule has 0 spiro atoms. The Kier molecular flexibility index (Phi) is 9.33. The molecule has 4 rings (SSSR count). The maximum atomic E-state index is 14.6. The van der Waals surface area contributed by atoms with Crippen LogP contribution >= 0.6 is 11.6 Å². The number of benzene rings is 2. The van der Waals surface area contributed by atoms with Gasteiger partial charge in [-0.3, -0.25) is 14.4 Å². The molecule has 0 saturated carbocycles. The van der Waals surface area contributed by atoms with Gasteiger partial charge in [0.15, 0.2) is 5.69 Å². The van der Waals surface area contributed by atoms with Crippen molar-refractivity contribution in [1.29, 1.82) is 0 Å². The Morgan fingerprint density at radius 2 is 1.85 bits per heavy atom. The van der Waals surface area contributed by atoms with Crippen LogP contribution in [0.2, 0.25) is 5.02 Å². The second-order valence-electron chi connectivity index (χ2n) is 8.88. The molecule has 2 heterocycles. The minimum atomic E-state index is -1.50. The Balaban J connectivity index is 1.27. The number of hydrogen-bond donors (Lipinski definition) is 2. The Hall–Kier alpha value is -4.45. The molecule has 2 N–H and O–H groups in total. The first kappa shape index (κ1) is 28.6. The zero-order chi connectivity index (χ0) is 28.6. The van der Waals surface area contributed by atoms with Crippen LogP contribution in [0.3, 0.4) is 0 Å². The summed E-state index contributed by atoms with van der Waals surface area (Å²) in [4.78, 5) is 36.9. The Morgan fingerprint density at radius 1 is 1.07 bits per heavy atom. The number of nitrogens with zero attached hydrogens (tertiary/aromatic N) is 4. The van der Waals surface area contributed by atoms with Crippen LogP contribution in [-0.2, 0) is 30.8 Å². The smallest absolute Gasteiger partial charge is 0.288 e. The molecule has 2 aromatic carbocycles. The van der Waals surface area contributed by atoms with E-state index in [2.05, 4.69) is 20.9 Å². The van der Waals surface area contributed by atoms with Crippen LogP contribution in [0.5, 0.6) is 0 Å². The quantitative estimate of drug-likeness (QED) is 0.283. The van der Waals surface area contributed by atoms with Crippen molar-refractivity contribution in [2.75, 3.05) is 5.32 Å². The summed E-state index contributed by atoms with van der Waals surface area (Å²) in [7, 11) is 0. The summed E-state index contributed by atoms with van der Waals surface area (Å²) in [5, 5.41) is 12.6. The molecule has 0 saturated heterocycles. The van der Waals surface area contributed by atoms with E-state index < -0.39 is 35.2 Å². The maximum Gasteiger partial charge on any atom is 0.288 e. The lowest BCUT2D eigenvalue weighted by atomic mass is 10.1. The molecular formula is C27H24ClF3N6O3. The van der Waals surface area contributed by atoms with E-state index in [1.165, 1.54) is 36.7 Å². The molecule has 0 aliphatic heterocycles. The third kappa shape index (κ3) is 7.56. The van der Waals surface area contributed by atoms with E-state index in [4.69, 9.17) is 11.6 Å². The molecule has 208 valence electrons. The highest BCUT2D eigenvalue weighted by Gasteiger charge is 2.17. The number of nitrogens with one attached hydrogen (secondary N) is 2. The third-order valence-electron chi connectivity index (χ3n) is 5.87. The van der Waals surface area contributed by atoms with Gasteiger partial charge in [-0.1, -0.05) is 47.1 Å². The molecular weight excluding hydrogens is 549 g/mol. The van der Waals surface area contributed by atoms with Crippen LogP contribution in [0.25, 0.3) is 0 Å². The fourth-order valence-electron chi connectivity index (χ4n) is 3.80. The second kappa shape index (κ2) is 13.1. The van der Waals surface area contributed by atoms with E-state index >= 15 is 0 Å². The SMILES string of the molecule is O=C(Cc1ccccc1)Nc1ccn(CCC(F)Cn2cc(C(=O)NCc3cc(Cl)ccc3F)nn2)c(=O)c1F. The van der Waals surface area contributed by atoms with Crippen LogP contribution < -0.4 is 16.2 Å². The zero-order valence-electron chi connectivity index (χ0n) is 21.0. The second-order valence-corrected chi connectivity index (χ2v) is 9.32. The van der Waals surface area contributed by atoms with E-state index in [9.17, 15) is 27.6 Å². The largest absolute Gasteiger partial charge is 0.346 e. The first-order valence-electron chi connectivity index (χ1n) is 12.2. The van der Waals surface area contributed by atoms with Gasteiger partial charge in [-0.15, -0.1) is 5.10 Å². The number of anilines is 1. The van der Waals surface area contributed by atoms with Gasteiger partial charge >= 0.3 is 0 Å². The minimum Gasteiger partial charge on any atom is -0.346 e. The van der Waals surface area contributed by atoms with Crippen LogP contribution in [0.4, 0.5) is 18.9 Å². The number of alkyl halides is 1. The molecule has 4 aromatic rings. The van der Waals surface area contributed by atoms with Crippen LogP contribution in [0.1, 0.15) is 28.0 Å². The van der Waals surface area contributed by atoms with Crippen molar-refractivity contribution in [1.82, 2.24) is 24.9 Å². The number of rotatable bonds is 11. The van der Waals surface area contributed by atoms with Gasteiger partial charge in [0.2, 0.25) is 11.7 Å². The molecule has 9 nitrogen and oxygen atoms in total. The minimum absolute atomic E-state index is 0.0129. The van der Waals surface area contributed by atoms with Gasteiger partial charge in [0, 0.05) is 29.9 Å². The van der Waals surface area contributed by atoms with E-state index in [1.54, 1.807) is 30.3 Å². The Bertz CT molecular complexity index is 1560. The fraction of sp³-hybridized carbons (Fsp3) is 0.222. The molecule has 0 radical (unpaired) electrons. The summed E-state index contributed by atoms with van der Waals surface area (Å²) in [5.41, 5.74) is -0.439. The van der Waals surface area contributed by atoms with E-state index in [0.717, 1.165) is 14.8 Å². The number of aryl methyl sites for hydroxylation is 1. The lowest BCUT2D eigenvalue weighted by molar-refractivity contribution is -0.115. The normalized spacial score (nSPS) is 11.7.